The van der Waals surface area contributed by atoms with E-state index >= 15 is 0 Å². The van der Waals surface area contributed by atoms with Gasteiger partial charge in [-0.25, -0.2) is 4.57 Å². The van der Waals surface area contributed by atoms with Crippen LogP contribution in [0.1, 0.15) is 181 Å². The van der Waals surface area contributed by atoms with E-state index in [1.807, 2.05) is 27.2 Å². The van der Waals surface area contributed by atoms with Crippen LogP contribution in [-0.2, 0) is 18.4 Å². The first-order chi connectivity index (χ1) is 24.0. The van der Waals surface area contributed by atoms with Crippen molar-refractivity contribution in [2.75, 3.05) is 40.9 Å². The highest BCUT2D eigenvalue weighted by molar-refractivity contribution is 7.47. The van der Waals surface area contributed by atoms with Gasteiger partial charge in [-0.05, 0) is 38.5 Å². The van der Waals surface area contributed by atoms with Crippen LogP contribution in [0.3, 0.4) is 0 Å². The molecule has 9 heteroatoms. The third-order valence-electron chi connectivity index (χ3n) is 9.15. The van der Waals surface area contributed by atoms with Crippen molar-refractivity contribution in [1.82, 2.24) is 5.32 Å². The van der Waals surface area contributed by atoms with Crippen LogP contribution in [0.25, 0.3) is 0 Å². The number of carbonyl (C=O) groups is 1. The molecule has 0 spiro atoms. The van der Waals surface area contributed by atoms with Crippen LogP contribution in [0.15, 0.2) is 24.3 Å². The van der Waals surface area contributed by atoms with Gasteiger partial charge < -0.3 is 19.8 Å². The van der Waals surface area contributed by atoms with E-state index in [9.17, 15) is 19.4 Å². The molecule has 3 unspecified atom stereocenters. The molecule has 0 rings (SSSR count). The smallest absolute Gasteiger partial charge is 0.387 e. The lowest BCUT2D eigenvalue weighted by atomic mass is 10.0. The van der Waals surface area contributed by atoms with Crippen LogP contribution in [0, 0.1) is 0 Å². The molecule has 8 nitrogen and oxygen atoms in total. The molecule has 0 fully saturated rings. The average molecular weight is 730 g/mol. The highest BCUT2D eigenvalue weighted by atomic mass is 31.2. The predicted octanol–water partition coefficient (Wildman–Crippen LogP) is 11.0. The largest absolute Gasteiger partial charge is 0.472 e. The summed E-state index contributed by atoms with van der Waals surface area (Å²) in [5.41, 5.74) is 0. The number of likely N-dealkylation sites (N-methyl/N-ethyl adjacent to an activating group) is 1. The van der Waals surface area contributed by atoms with Crippen LogP contribution < -0.4 is 5.32 Å². The van der Waals surface area contributed by atoms with Crippen LogP contribution in [0.5, 0.6) is 0 Å². The molecular formula is C41H82N2O6P+. The van der Waals surface area contributed by atoms with Crippen LogP contribution in [0.2, 0.25) is 0 Å². The summed E-state index contributed by atoms with van der Waals surface area (Å²) in [6.45, 7) is 4.74. The first-order valence-electron chi connectivity index (χ1n) is 20.7. The minimum absolute atomic E-state index is 0.0606. The summed E-state index contributed by atoms with van der Waals surface area (Å²) in [5, 5.41) is 13.8. The number of phosphoric ester groups is 1. The molecule has 0 aromatic rings. The van der Waals surface area contributed by atoms with Crippen LogP contribution in [-0.4, -0.2) is 73.4 Å². The van der Waals surface area contributed by atoms with Crippen molar-refractivity contribution >= 4 is 13.7 Å². The quantitative estimate of drug-likeness (QED) is 0.0254. The maximum absolute atomic E-state index is 12.8. The van der Waals surface area contributed by atoms with Crippen molar-refractivity contribution < 1.29 is 32.9 Å². The SMILES string of the molecule is CCC/C=C\CCCCCCCC(=O)NC(COP(=O)(O)OCC[N+](C)(C)C)C(O)/C=C/CCCCCCCCCCCCCCCCCC. The fourth-order valence-corrected chi connectivity index (χ4v) is 6.54. The summed E-state index contributed by atoms with van der Waals surface area (Å²) < 4.78 is 23.5. The highest BCUT2D eigenvalue weighted by Gasteiger charge is 2.27. The second kappa shape index (κ2) is 33.8. The van der Waals surface area contributed by atoms with Crippen LogP contribution >= 0.6 is 7.82 Å². The monoisotopic (exact) mass is 730 g/mol. The average Bonchev–Trinajstić information content (AvgIpc) is 3.06. The minimum Gasteiger partial charge on any atom is -0.387 e. The van der Waals surface area contributed by atoms with Gasteiger partial charge in [-0.2, -0.15) is 0 Å². The number of quaternary nitrogens is 1. The Labute approximate surface area is 309 Å². The molecular weight excluding hydrogens is 647 g/mol. The molecule has 0 aromatic heterocycles. The van der Waals surface area contributed by atoms with Gasteiger partial charge in [0.2, 0.25) is 5.91 Å². The molecule has 0 aliphatic carbocycles. The zero-order chi connectivity index (χ0) is 37.2. The Kier molecular flexibility index (Phi) is 33.1. The first-order valence-corrected chi connectivity index (χ1v) is 22.2. The number of allylic oxidation sites excluding steroid dienone is 3. The number of unbranched alkanes of at least 4 members (excludes halogenated alkanes) is 22. The number of aliphatic hydroxyl groups excluding tert-OH is 1. The molecule has 3 atom stereocenters. The van der Waals surface area contributed by atoms with Gasteiger partial charge in [0.15, 0.2) is 0 Å². The van der Waals surface area contributed by atoms with Gasteiger partial charge >= 0.3 is 7.82 Å². The van der Waals surface area contributed by atoms with E-state index in [1.165, 1.54) is 103 Å². The number of amides is 1. The number of phosphoric acid groups is 1. The molecule has 0 bridgehead atoms. The molecule has 0 heterocycles. The summed E-state index contributed by atoms with van der Waals surface area (Å²) in [6.07, 6.45) is 38.2. The lowest BCUT2D eigenvalue weighted by molar-refractivity contribution is -0.870. The number of hydrogen-bond acceptors (Lipinski definition) is 5. The molecule has 0 saturated heterocycles. The van der Waals surface area contributed by atoms with Gasteiger partial charge in [0.25, 0.3) is 0 Å². The van der Waals surface area contributed by atoms with Gasteiger partial charge in [-0.15, -0.1) is 0 Å². The van der Waals surface area contributed by atoms with E-state index in [4.69, 9.17) is 9.05 Å². The van der Waals surface area contributed by atoms with Crippen LogP contribution in [0.4, 0.5) is 0 Å². The molecule has 50 heavy (non-hydrogen) atoms. The zero-order valence-corrected chi connectivity index (χ0v) is 34.3. The lowest BCUT2D eigenvalue weighted by Gasteiger charge is -2.25. The van der Waals surface area contributed by atoms with Crippen molar-refractivity contribution in [3.8, 4) is 0 Å². The third-order valence-corrected chi connectivity index (χ3v) is 10.1. The topological polar surface area (TPSA) is 105 Å². The van der Waals surface area contributed by atoms with Crippen molar-refractivity contribution in [2.45, 2.75) is 193 Å². The number of hydrogen-bond donors (Lipinski definition) is 3. The Morgan fingerprint density at radius 2 is 1.12 bits per heavy atom. The molecule has 1 amide bonds. The standard InChI is InChI=1S/C41H81N2O6P/c1-6-8-10-12-14-16-18-19-20-21-22-23-24-25-26-28-30-32-34-40(44)39(38-49-50(46,47)48-37-36-43(3,4)5)42-41(45)35-33-31-29-27-17-15-13-11-9-7-2/h11,13,32,34,39-40,44H,6-10,12,14-31,33,35-38H2,1-5H3,(H-,42,45,46,47)/p+1/b13-11-,34-32+. The minimum atomic E-state index is -4.33. The maximum Gasteiger partial charge on any atom is 0.472 e. The van der Waals surface area contributed by atoms with E-state index in [1.54, 1.807) is 6.08 Å². The second-order valence-electron chi connectivity index (χ2n) is 15.4. The Hall–Kier alpha value is -1.02. The number of carbonyl (C=O) groups excluding carboxylic acids is 1. The Balaban J connectivity index is 4.43. The molecule has 0 aromatic carbocycles. The molecule has 0 aliphatic rings. The van der Waals surface area contributed by atoms with Crippen molar-refractivity contribution in [1.29, 1.82) is 0 Å². The van der Waals surface area contributed by atoms with E-state index in [0.29, 0.717) is 17.4 Å². The van der Waals surface area contributed by atoms with Crippen molar-refractivity contribution in [3.05, 3.63) is 24.3 Å². The van der Waals surface area contributed by atoms with E-state index < -0.39 is 20.0 Å². The first kappa shape index (κ1) is 49.0. The Morgan fingerprint density at radius 3 is 1.62 bits per heavy atom. The van der Waals surface area contributed by atoms with Gasteiger partial charge in [0, 0.05) is 6.42 Å². The number of nitrogens with zero attached hydrogens (tertiary/aromatic N) is 1. The summed E-state index contributed by atoms with van der Waals surface area (Å²) in [5.74, 6) is -0.190. The normalized spacial score (nSPS) is 14.8. The molecule has 296 valence electrons. The van der Waals surface area contributed by atoms with Gasteiger partial charge in [0.05, 0.1) is 39.9 Å². The van der Waals surface area contributed by atoms with Gasteiger partial charge in [-0.3, -0.25) is 13.8 Å². The molecule has 0 radical (unpaired) electrons. The van der Waals surface area contributed by atoms with E-state index in [0.717, 1.165) is 57.8 Å². The Bertz CT molecular complexity index is 876. The number of aliphatic hydroxyl groups is 1. The number of rotatable bonds is 37. The summed E-state index contributed by atoms with van der Waals surface area (Å²) >= 11 is 0. The lowest BCUT2D eigenvalue weighted by Crippen LogP contribution is -2.45. The van der Waals surface area contributed by atoms with E-state index in [2.05, 4.69) is 31.3 Å². The fraction of sp³-hybridized carbons (Fsp3) is 0.878. The maximum atomic E-state index is 12.8. The second-order valence-corrected chi connectivity index (χ2v) is 16.8. The highest BCUT2D eigenvalue weighted by Crippen LogP contribution is 2.43. The van der Waals surface area contributed by atoms with Gasteiger partial charge in [-0.1, -0.05) is 160 Å². The van der Waals surface area contributed by atoms with Gasteiger partial charge in [0.1, 0.15) is 13.2 Å². The molecule has 0 aliphatic heterocycles. The summed E-state index contributed by atoms with van der Waals surface area (Å²) in [6, 6.07) is -0.845. The zero-order valence-electron chi connectivity index (χ0n) is 33.4. The molecule has 3 N–H and O–H groups in total. The molecule has 0 saturated carbocycles. The Morgan fingerprint density at radius 1 is 0.660 bits per heavy atom. The summed E-state index contributed by atoms with van der Waals surface area (Å²) in [7, 11) is 1.57. The van der Waals surface area contributed by atoms with Crippen molar-refractivity contribution in [3.63, 3.8) is 0 Å². The van der Waals surface area contributed by atoms with Crippen molar-refractivity contribution in [2.24, 2.45) is 0 Å². The third kappa shape index (κ3) is 35.4. The predicted molar refractivity (Wildman–Crippen MR) is 212 cm³/mol. The summed E-state index contributed by atoms with van der Waals surface area (Å²) in [4.78, 5) is 23.0. The number of nitrogens with one attached hydrogen (secondary N) is 1. The fourth-order valence-electron chi connectivity index (χ4n) is 5.81. The van der Waals surface area contributed by atoms with E-state index in [-0.39, 0.29) is 19.1 Å².